The molecule has 7 heteroatoms. The van der Waals surface area contributed by atoms with Gasteiger partial charge in [-0.15, -0.1) is 0 Å². The number of imide groups is 1. The lowest BCUT2D eigenvalue weighted by atomic mass is 10.2. The van der Waals surface area contributed by atoms with Gasteiger partial charge in [0, 0.05) is 18.5 Å². The number of carbonyl (C=O) groups is 2. The Hall–Kier alpha value is -0.970. The molecular weight excluding hydrogens is 312 g/mol. The first-order chi connectivity index (χ1) is 8.90. The molecule has 1 fully saturated rings. The van der Waals surface area contributed by atoms with E-state index in [2.05, 4.69) is 0 Å². The van der Waals surface area contributed by atoms with Crippen molar-refractivity contribution in [2.45, 2.75) is 25.8 Å². The van der Waals surface area contributed by atoms with Crippen molar-refractivity contribution in [3.05, 3.63) is 27.2 Å². The van der Waals surface area contributed by atoms with Crippen LogP contribution in [0.5, 0.6) is 5.75 Å². The molecule has 1 aliphatic rings. The Balaban J connectivity index is 2.19. The molecule has 1 aromatic rings. The molecule has 4 nitrogen and oxygen atoms in total. The Labute approximate surface area is 125 Å². The number of halogens is 3. The standard InChI is InChI=1S/C12H10Cl3NO3/c1-6-2-3-11(17)16(6)12(18)19-10-5-8(14)7(13)4-9(10)15/h4-6H,2-3H2,1H3/t6-/m1/s1. The summed E-state index contributed by atoms with van der Waals surface area (Å²) in [5.74, 6) is -0.179. The van der Waals surface area contributed by atoms with Gasteiger partial charge >= 0.3 is 6.09 Å². The number of likely N-dealkylation sites (tertiary alicyclic amines) is 1. The third-order valence-corrected chi connectivity index (χ3v) is 3.87. The molecule has 1 atom stereocenters. The van der Waals surface area contributed by atoms with Crippen molar-refractivity contribution in [1.29, 1.82) is 0 Å². The number of amides is 2. The molecular formula is C12H10Cl3NO3. The number of carbonyl (C=O) groups excluding carboxylic acids is 2. The number of benzene rings is 1. The first-order valence-corrected chi connectivity index (χ1v) is 6.72. The average molecular weight is 323 g/mol. The fourth-order valence-electron chi connectivity index (χ4n) is 1.84. The summed E-state index contributed by atoms with van der Waals surface area (Å²) in [7, 11) is 0. The van der Waals surface area contributed by atoms with E-state index >= 15 is 0 Å². The van der Waals surface area contributed by atoms with Gasteiger partial charge in [-0.1, -0.05) is 34.8 Å². The Bertz CT molecular complexity index is 547. The van der Waals surface area contributed by atoms with Crippen LogP contribution in [0.15, 0.2) is 12.1 Å². The molecule has 0 aliphatic carbocycles. The molecule has 0 saturated carbocycles. The third-order valence-electron chi connectivity index (χ3n) is 2.85. The summed E-state index contributed by atoms with van der Waals surface area (Å²) in [6.07, 6.45) is 0.212. The topological polar surface area (TPSA) is 46.6 Å². The highest BCUT2D eigenvalue weighted by molar-refractivity contribution is 6.43. The van der Waals surface area contributed by atoms with Crippen LogP contribution < -0.4 is 4.74 Å². The van der Waals surface area contributed by atoms with Crippen LogP contribution in [0.3, 0.4) is 0 Å². The maximum atomic E-state index is 11.9. The lowest BCUT2D eigenvalue weighted by Gasteiger charge is -2.19. The summed E-state index contributed by atoms with van der Waals surface area (Å²) >= 11 is 17.5. The zero-order valence-electron chi connectivity index (χ0n) is 9.95. The van der Waals surface area contributed by atoms with Crippen LogP contribution in [0.1, 0.15) is 19.8 Å². The smallest absolute Gasteiger partial charge is 0.408 e. The molecule has 2 rings (SSSR count). The lowest BCUT2D eigenvalue weighted by Crippen LogP contribution is -2.39. The summed E-state index contributed by atoms with van der Waals surface area (Å²) in [6.45, 7) is 1.78. The van der Waals surface area contributed by atoms with Crippen molar-refractivity contribution in [1.82, 2.24) is 4.90 Å². The van der Waals surface area contributed by atoms with E-state index in [1.165, 1.54) is 12.1 Å². The first kappa shape index (κ1) is 14.4. The minimum Gasteiger partial charge on any atom is -0.408 e. The molecule has 0 N–H and O–H groups in total. The largest absolute Gasteiger partial charge is 0.422 e. The number of nitrogens with zero attached hydrogens (tertiary/aromatic N) is 1. The highest BCUT2D eigenvalue weighted by Gasteiger charge is 2.34. The molecule has 1 heterocycles. The summed E-state index contributed by atoms with van der Waals surface area (Å²) in [6, 6.07) is 2.54. The predicted octanol–water partition coefficient (Wildman–Crippen LogP) is 4.16. The van der Waals surface area contributed by atoms with Crippen LogP contribution >= 0.6 is 34.8 Å². The van der Waals surface area contributed by atoms with Crippen LogP contribution in [0.4, 0.5) is 4.79 Å². The van der Waals surface area contributed by atoms with E-state index in [0.717, 1.165) is 4.90 Å². The van der Waals surface area contributed by atoms with E-state index < -0.39 is 6.09 Å². The number of hydrogen-bond donors (Lipinski definition) is 0. The van der Waals surface area contributed by atoms with Crippen molar-refractivity contribution in [2.75, 3.05) is 0 Å². The highest BCUT2D eigenvalue weighted by Crippen LogP contribution is 2.34. The fraction of sp³-hybridized carbons (Fsp3) is 0.333. The van der Waals surface area contributed by atoms with Gasteiger partial charge in [0.15, 0.2) is 5.75 Å². The maximum Gasteiger partial charge on any atom is 0.422 e. The van der Waals surface area contributed by atoms with Gasteiger partial charge in [-0.25, -0.2) is 9.69 Å². The van der Waals surface area contributed by atoms with Gasteiger partial charge in [0.05, 0.1) is 15.1 Å². The summed E-state index contributed by atoms with van der Waals surface area (Å²) in [4.78, 5) is 24.6. The van der Waals surface area contributed by atoms with Crippen LogP contribution in [0, 0.1) is 0 Å². The molecule has 0 radical (unpaired) electrons. The SMILES string of the molecule is C[C@@H]1CCC(=O)N1C(=O)Oc1cc(Cl)c(Cl)cc1Cl. The van der Waals surface area contributed by atoms with Gasteiger partial charge in [0.25, 0.3) is 0 Å². The van der Waals surface area contributed by atoms with E-state index in [9.17, 15) is 9.59 Å². The average Bonchev–Trinajstić information content (AvgIpc) is 2.66. The molecule has 0 aromatic heterocycles. The van der Waals surface area contributed by atoms with Crippen LogP contribution in [-0.2, 0) is 4.79 Å². The minimum atomic E-state index is -0.754. The number of hydrogen-bond acceptors (Lipinski definition) is 3. The molecule has 19 heavy (non-hydrogen) atoms. The first-order valence-electron chi connectivity index (χ1n) is 5.58. The zero-order chi connectivity index (χ0) is 14.2. The summed E-state index contributed by atoms with van der Waals surface area (Å²) in [5, 5.41) is 0.633. The van der Waals surface area contributed by atoms with E-state index in [-0.39, 0.29) is 32.8 Å². The Morgan fingerprint density at radius 3 is 2.47 bits per heavy atom. The molecule has 102 valence electrons. The fourth-order valence-corrected chi connectivity index (χ4v) is 2.41. The number of rotatable bonds is 1. The normalized spacial score (nSPS) is 18.8. The molecule has 0 unspecified atom stereocenters. The molecule has 0 spiro atoms. The second kappa shape index (κ2) is 5.57. The second-order valence-corrected chi connectivity index (χ2v) is 5.44. The van der Waals surface area contributed by atoms with Crippen LogP contribution in [0.2, 0.25) is 15.1 Å². The van der Waals surface area contributed by atoms with E-state index in [4.69, 9.17) is 39.5 Å². The monoisotopic (exact) mass is 321 g/mol. The Morgan fingerprint density at radius 2 is 1.89 bits per heavy atom. The highest BCUT2D eigenvalue weighted by atomic mass is 35.5. The second-order valence-electron chi connectivity index (χ2n) is 4.22. The maximum absolute atomic E-state index is 11.9. The van der Waals surface area contributed by atoms with Crippen molar-refractivity contribution in [3.63, 3.8) is 0 Å². The van der Waals surface area contributed by atoms with Gasteiger partial charge in [-0.3, -0.25) is 4.79 Å². The van der Waals surface area contributed by atoms with E-state index in [1.807, 2.05) is 0 Å². The van der Waals surface area contributed by atoms with Gasteiger partial charge in [0.1, 0.15) is 0 Å². The van der Waals surface area contributed by atoms with Crippen molar-refractivity contribution in [3.8, 4) is 5.75 Å². The van der Waals surface area contributed by atoms with Gasteiger partial charge < -0.3 is 4.74 Å². The summed E-state index contributed by atoms with van der Waals surface area (Å²) < 4.78 is 5.10. The van der Waals surface area contributed by atoms with Crippen molar-refractivity contribution < 1.29 is 14.3 Å². The quantitative estimate of drug-likeness (QED) is 0.729. The predicted molar refractivity (Wildman–Crippen MR) is 73.0 cm³/mol. The zero-order valence-corrected chi connectivity index (χ0v) is 12.2. The number of ether oxygens (including phenoxy) is 1. The Kier molecular flexibility index (Phi) is 4.23. The van der Waals surface area contributed by atoms with Gasteiger partial charge in [-0.2, -0.15) is 0 Å². The molecule has 2 amide bonds. The van der Waals surface area contributed by atoms with Gasteiger partial charge in [0.2, 0.25) is 5.91 Å². The van der Waals surface area contributed by atoms with Crippen LogP contribution in [-0.4, -0.2) is 22.9 Å². The van der Waals surface area contributed by atoms with Gasteiger partial charge in [-0.05, 0) is 19.4 Å². The molecule has 1 aromatic carbocycles. The lowest BCUT2D eigenvalue weighted by molar-refractivity contribution is -0.126. The molecule has 1 saturated heterocycles. The Morgan fingerprint density at radius 1 is 1.26 bits per heavy atom. The van der Waals surface area contributed by atoms with E-state index in [1.54, 1.807) is 6.92 Å². The van der Waals surface area contributed by atoms with Crippen molar-refractivity contribution >= 4 is 46.8 Å². The molecule has 0 bridgehead atoms. The molecule has 1 aliphatic heterocycles. The summed E-state index contributed by atoms with van der Waals surface area (Å²) in [5.41, 5.74) is 0. The van der Waals surface area contributed by atoms with E-state index in [0.29, 0.717) is 12.8 Å². The minimum absolute atomic E-state index is 0.0768. The van der Waals surface area contributed by atoms with Crippen molar-refractivity contribution in [2.24, 2.45) is 0 Å². The third kappa shape index (κ3) is 2.96. The van der Waals surface area contributed by atoms with Crippen LogP contribution in [0.25, 0.3) is 0 Å².